The van der Waals surface area contributed by atoms with E-state index in [-0.39, 0.29) is 5.41 Å². The molecule has 0 saturated heterocycles. The summed E-state index contributed by atoms with van der Waals surface area (Å²) in [5.41, 5.74) is 18.7. The SMILES string of the molecule is CC1(C)c2ccccc2-c2cc(-c3nc(-n4c5ncccc5c5cccnc54)nc(-n4c5ncccc5c5cccnc54)n3)ccc21.c1ccc2c(c1)oc1c(-c3nc(-n4c5ncccc5c5cccnc54)nc(-n4c5ncccc5c5cccnc54)n3)cccc12.c1ccc2c(c1)oc1cc(-c3nc(-n4c5ncccc5c5cccnc54)nc(-n4c5ncccc5c5cccnc54)n3)ccc12. The van der Waals surface area contributed by atoms with Gasteiger partial charge in [0.25, 0.3) is 0 Å². The molecule has 0 fully saturated rings. The summed E-state index contributed by atoms with van der Waals surface area (Å²) in [4.78, 5) is 103. The Hall–Kier alpha value is -19.5. The summed E-state index contributed by atoms with van der Waals surface area (Å²) < 4.78 is 24.0. The van der Waals surface area contributed by atoms with Crippen LogP contribution >= 0.6 is 0 Å². The lowest BCUT2D eigenvalue weighted by atomic mass is 9.82. The Labute approximate surface area is 771 Å². The fourth-order valence-electron chi connectivity index (χ4n) is 19.9. The van der Waals surface area contributed by atoms with E-state index in [4.69, 9.17) is 113 Å². The van der Waals surface area contributed by atoms with E-state index in [1.54, 1.807) is 74.4 Å². The van der Waals surface area contributed by atoms with Crippen molar-refractivity contribution in [1.82, 2.24) is 132 Å². The summed E-state index contributed by atoms with van der Waals surface area (Å²) in [6, 6.07) is 90.7. The van der Waals surface area contributed by atoms with E-state index in [0.29, 0.717) is 127 Å². The molecule has 29 heteroatoms. The van der Waals surface area contributed by atoms with Gasteiger partial charge >= 0.3 is 0 Å². The van der Waals surface area contributed by atoms with Crippen molar-refractivity contribution in [3.8, 4) is 81.0 Å². The number of nitrogens with zero attached hydrogens (tertiary/aromatic N) is 27. The van der Waals surface area contributed by atoms with Gasteiger partial charge in [-0.1, -0.05) is 105 Å². The van der Waals surface area contributed by atoms with Crippen LogP contribution in [0.1, 0.15) is 25.0 Å². The second kappa shape index (κ2) is 29.8. The first kappa shape index (κ1) is 76.4. The topological polar surface area (TPSA) is 327 Å². The summed E-state index contributed by atoms with van der Waals surface area (Å²) in [6.07, 6.45) is 21.2. The summed E-state index contributed by atoms with van der Waals surface area (Å²) in [7, 11) is 0. The molecule has 29 nitrogen and oxygen atoms in total. The molecule has 1 aliphatic rings. The normalized spacial score (nSPS) is 12.5. The first-order chi connectivity index (χ1) is 67.7. The standard InChI is InChI=1S/C38H25N9.2C35H19N9O/c1-38(2)29-14-4-3-9-23(29)28-21-22(15-16-30(28)38)31-43-36(46-32-24(10-5-17-39-32)25-11-6-18-40-33(25)46)45-37(44-31)47-34-26(12-7-19-41-34)27-13-8-20-42-35(27)47;1-2-15-27-20(8-1)21-9-3-10-26(28(21)45-27)29-40-34(43-30-22(11-4-16-36-30)23-12-5-17-37-31(23)43)42-35(41-29)44-32-24(13-6-18-38-32)25-14-7-19-39-33(25)44;1-2-12-27-21(7-1)22-14-13-20(19-28(22)45-27)29-40-34(43-30-23(8-3-15-36-30)24-9-4-16-37-31(24)43)42-35(41-29)44-32-25(10-5-17-38-32)26-11-6-18-39-33(26)44/h3-21H,1-2H3;2*1-19H. The fourth-order valence-corrected chi connectivity index (χ4v) is 19.9. The van der Waals surface area contributed by atoms with Crippen molar-refractivity contribution in [2.24, 2.45) is 0 Å². The van der Waals surface area contributed by atoms with Crippen LogP contribution in [0.2, 0.25) is 0 Å². The van der Waals surface area contributed by atoms with Crippen LogP contribution in [-0.4, -0.2) is 132 Å². The van der Waals surface area contributed by atoms with E-state index < -0.39 is 0 Å². The van der Waals surface area contributed by atoms with Gasteiger partial charge in [-0.25, -0.2) is 87.2 Å². The van der Waals surface area contributed by atoms with E-state index in [2.05, 4.69) is 74.5 Å². The van der Waals surface area contributed by atoms with Gasteiger partial charge in [-0.05, 0) is 204 Å². The second-order valence-electron chi connectivity index (χ2n) is 33.8. The van der Waals surface area contributed by atoms with Gasteiger partial charge in [0.05, 0.1) is 5.56 Å². The number of hydrogen-bond acceptors (Lipinski definition) is 23. The number of furan rings is 2. The Kier molecular flexibility index (Phi) is 16.6. The highest BCUT2D eigenvalue weighted by Crippen LogP contribution is 2.50. The average molecular weight is 1770 g/mol. The molecule has 29 aromatic rings. The Bertz CT molecular complexity index is 9430. The van der Waals surface area contributed by atoms with Crippen molar-refractivity contribution in [2.45, 2.75) is 19.3 Å². The predicted octanol–water partition coefficient (Wildman–Crippen LogP) is 22.0. The van der Waals surface area contributed by atoms with Gasteiger partial charge in [0, 0.05) is 177 Å². The van der Waals surface area contributed by atoms with Gasteiger partial charge in [0.1, 0.15) is 90.1 Å². The van der Waals surface area contributed by atoms with Crippen LogP contribution in [0.25, 0.3) is 257 Å². The minimum Gasteiger partial charge on any atom is -0.456 e. The Morgan fingerprint density at radius 2 is 0.445 bits per heavy atom. The molecule has 642 valence electrons. The molecule has 0 atom stereocenters. The molecule has 23 heterocycles. The van der Waals surface area contributed by atoms with Gasteiger partial charge in [-0.15, -0.1) is 0 Å². The molecule has 30 rings (SSSR count). The number of pyridine rings is 12. The molecule has 23 aromatic heterocycles. The number of benzene rings is 6. The van der Waals surface area contributed by atoms with Crippen LogP contribution in [0, 0.1) is 0 Å². The first-order valence-electron chi connectivity index (χ1n) is 44.3. The summed E-state index contributed by atoms with van der Waals surface area (Å²) in [5, 5.41) is 15.6. The molecule has 0 saturated carbocycles. The van der Waals surface area contributed by atoms with Crippen molar-refractivity contribution in [2.75, 3.05) is 0 Å². The van der Waals surface area contributed by atoms with Crippen LogP contribution in [-0.2, 0) is 5.41 Å². The molecular formula is C108H63N27O2. The fraction of sp³-hybridized carbons (Fsp3) is 0.0278. The molecule has 0 bridgehead atoms. The van der Waals surface area contributed by atoms with Crippen molar-refractivity contribution < 1.29 is 8.83 Å². The van der Waals surface area contributed by atoms with Crippen molar-refractivity contribution in [3.05, 3.63) is 358 Å². The lowest BCUT2D eigenvalue weighted by Crippen LogP contribution is -2.14. The lowest BCUT2D eigenvalue weighted by Gasteiger charge is -2.21. The van der Waals surface area contributed by atoms with E-state index in [1.165, 1.54) is 22.3 Å². The van der Waals surface area contributed by atoms with Crippen LogP contribution < -0.4 is 0 Å². The zero-order chi connectivity index (χ0) is 90.2. The number of hydrogen-bond donors (Lipinski definition) is 0. The Morgan fingerprint density at radius 3 is 0.796 bits per heavy atom. The molecule has 0 unspecified atom stereocenters. The smallest absolute Gasteiger partial charge is 0.242 e. The second-order valence-corrected chi connectivity index (χ2v) is 33.8. The van der Waals surface area contributed by atoms with Gasteiger partial charge in [-0.2, -0.15) is 44.9 Å². The third-order valence-corrected chi connectivity index (χ3v) is 25.9. The van der Waals surface area contributed by atoms with Gasteiger partial charge in [-0.3, -0.25) is 0 Å². The molecule has 0 radical (unpaired) electrons. The van der Waals surface area contributed by atoms with Crippen molar-refractivity contribution in [3.63, 3.8) is 0 Å². The molecule has 1 aliphatic carbocycles. The average Bonchev–Trinajstić information content (AvgIpc) is 1.57. The minimum absolute atomic E-state index is 0.111. The minimum atomic E-state index is -0.111. The van der Waals surface area contributed by atoms with Crippen LogP contribution in [0.15, 0.2) is 356 Å². The van der Waals surface area contributed by atoms with E-state index in [9.17, 15) is 0 Å². The van der Waals surface area contributed by atoms with Crippen molar-refractivity contribution >= 4 is 176 Å². The van der Waals surface area contributed by atoms with E-state index >= 15 is 0 Å². The maximum absolute atomic E-state index is 6.42. The highest BCUT2D eigenvalue weighted by atomic mass is 16.3. The van der Waals surface area contributed by atoms with Gasteiger partial charge in [0.2, 0.25) is 35.7 Å². The Balaban J connectivity index is 0.000000102. The van der Waals surface area contributed by atoms with Crippen LogP contribution in [0.3, 0.4) is 0 Å². The summed E-state index contributed by atoms with van der Waals surface area (Å²) in [6.45, 7) is 4.56. The zero-order valence-electron chi connectivity index (χ0n) is 72.3. The highest BCUT2D eigenvalue weighted by Gasteiger charge is 2.37. The Morgan fingerprint density at radius 1 is 0.190 bits per heavy atom. The van der Waals surface area contributed by atoms with Gasteiger partial charge in [0.15, 0.2) is 17.5 Å². The lowest BCUT2D eigenvalue weighted by molar-refractivity contribution is 0.660. The molecule has 0 N–H and O–H groups in total. The quantitative estimate of drug-likeness (QED) is 0.130. The molecule has 6 aromatic carbocycles. The van der Waals surface area contributed by atoms with Gasteiger partial charge < -0.3 is 8.83 Å². The molecule has 0 amide bonds. The van der Waals surface area contributed by atoms with Crippen LogP contribution in [0.5, 0.6) is 0 Å². The monoisotopic (exact) mass is 1770 g/mol. The number of aromatic nitrogens is 27. The summed E-state index contributed by atoms with van der Waals surface area (Å²) in [5.74, 6) is 3.71. The first-order valence-corrected chi connectivity index (χ1v) is 44.3. The molecule has 0 aliphatic heterocycles. The predicted molar refractivity (Wildman–Crippen MR) is 527 cm³/mol. The van der Waals surface area contributed by atoms with E-state index in [1.807, 2.05) is 240 Å². The third kappa shape index (κ3) is 11.7. The number of rotatable bonds is 9. The molecular weight excluding hydrogens is 1710 g/mol. The van der Waals surface area contributed by atoms with Crippen LogP contribution in [0.4, 0.5) is 0 Å². The number of fused-ring (bicyclic) bond motifs is 27. The largest absolute Gasteiger partial charge is 0.456 e. The molecule has 137 heavy (non-hydrogen) atoms. The maximum Gasteiger partial charge on any atom is 0.242 e. The molecule has 0 spiro atoms. The summed E-state index contributed by atoms with van der Waals surface area (Å²) >= 11 is 0. The maximum atomic E-state index is 6.42. The van der Waals surface area contributed by atoms with Crippen molar-refractivity contribution in [1.29, 1.82) is 0 Å². The third-order valence-electron chi connectivity index (χ3n) is 25.9. The van der Waals surface area contributed by atoms with E-state index in [0.717, 1.165) is 120 Å². The zero-order valence-corrected chi connectivity index (χ0v) is 72.3. The highest BCUT2D eigenvalue weighted by molar-refractivity contribution is 6.13. The number of para-hydroxylation sites is 3.